The van der Waals surface area contributed by atoms with Crippen molar-refractivity contribution >= 4 is 17.3 Å². The first kappa shape index (κ1) is 11.7. The van der Waals surface area contributed by atoms with Crippen LogP contribution < -0.4 is 5.32 Å². The third kappa shape index (κ3) is 2.49. The standard InChI is InChI=1S/C13H17ClFN/c1-8(2)9-5-11(6-9)16-13-4-3-10(15)7-12(13)14/h3-4,7-9,11,16H,5-6H2,1-2H3. The number of halogens is 2. The Labute approximate surface area is 101 Å². The van der Waals surface area contributed by atoms with Crippen molar-refractivity contribution in [3.63, 3.8) is 0 Å². The van der Waals surface area contributed by atoms with Gasteiger partial charge in [-0.2, -0.15) is 0 Å². The zero-order valence-electron chi connectivity index (χ0n) is 9.63. The smallest absolute Gasteiger partial charge is 0.124 e. The Morgan fingerprint density at radius 2 is 2.06 bits per heavy atom. The van der Waals surface area contributed by atoms with E-state index in [9.17, 15) is 4.39 Å². The average molecular weight is 242 g/mol. The summed E-state index contributed by atoms with van der Waals surface area (Å²) in [6.07, 6.45) is 2.37. The lowest BCUT2D eigenvalue weighted by molar-refractivity contribution is 0.212. The molecule has 0 bridgehead atoms. The summed E-state index contributed by atoms with van der Waals surface area (Å²) in [5.41, 5.74) is 0.843. The van der Waals surface area contributed by atoms with Gasteiger partial charge in [-0.3, -0.25) is 0 Å². The molecule has 1 fully saturated rings. The van der Waals surface area contributed by atoms with Gasteiger partial charge in [0.25, 0.3) is 0 Å². The molecule has 2 rings (SSSR count). The SMILES string of the molecule is CC(C)C1CC(Nc2ccc(F)cc2Cl)C1. The molecule has 0 amide bonds. The molecular formula is C13H17ClFN. The van der Waals surface area contributed by atoms with E-state index in [0.29, 0.717) is 11.1 Å². The molecule has 1 nitrogen and oxygen atoms in total. The van der Waals surface area contributed by atoms with Gasteiger partial charge in [0.2, 0.25) is 0 Å². The van der Waals surface area contributed by atoms with E-state index in [2.05, 4.69) is 19.2 Å². The normalized spacial score (nSPS) is 24.3. The van der Waals surface area contributed by atoms with Gasteiger partial charge in [0.05, 0.1) is 10.7 Å². The van der Waals surface area contributed by atoms with Crippen molar-refractivity contribution in [2.75, 3.05) is 5.32 Å². The summed E-state index contributed by atoms with van der Waals surface area (Å²) in [7, 11) is 0. The van der Waals surface area contributed by atoms with Crippen molar-refractivity contribution in [2.45, 2.75) is 32.7 Å². The topological polar surface area (TPSA) is 12.0 Å². The van der Waals surface area contributed by atoms with Crippen LogP contribution in [0.15, 0.2) is 18.2 Å². The molecule has 1 N–H and O–H groups in total. The zero-order chi connectivity index (χ0) is 11.7. The third-order valence-corrected chi connectivity index (χ3v) is 3.72. The first-order valence-corrected chi connectivity index (χ1v) is 6.15. The second-order valence-corrected chi connectivity index (χ2v) is 5.35. The van der Waals surface area contributed by atoms with E-state index in [4.69, 9.17) is 11.6 Å². The summed E-state index contributed by atoms with van der Waals surface area (Å²) in [5, 5.41) is 3.83. The van der Waals surface area contributed by atoms with Gasteiger partial charge in [-0.05, 0) is 42.9 Å². The van der Waals surface area contributed by atoms with E-state index in [0.717, 1.165) is 17.5 Å². The monoisotopic (exact) mass is 241 g/mol. The third-order valence-electron chi connectivity index (χ3n) is 3.41. The Balaban J connectivity index is 1.91. The van der Waals surface area contributed by atoms with Crippen molar-refractivity contribution < 1.29 is 4.39 Å². The fraction of sp³-hybridized carbons (Fsp3) is 0.538. The molecule has 0 aromatic heterocycles. The van der Waals surface area contributed by atoms with Crippen LogP contribution in [0.5, 0.6) is 0 Å². The van der Waals surface area contributed by atoms with E-state index in [1.54, 1.807) is 6.07 Å². The van der Waals surface area contributed by atoms with Crippen LogP contribution in [-0.4, -0.2) is 6.04 Å². The van der Waals surface area contributed by atoms with E-state index in [1.165, 1.54) is 25.0 Å². The van der Waals surface area contributed by atoms with Crippen LogP contribution in [0, 0.1) is 17.7 Å². The van der Waals surface area contributed by atoms with Gasteiger partial charge < -0.3 is 5.32 Å². The van der Waals surface area contributed by atoms with E-state index in [-0.39, 0.29) is 5.82 Å². The highest BCUT2D eigenvalue weighted by Crippen LogP contribution is 2.36. The minimum Gasteiger partial charge on any atom is -0.381 e. The fourth-order valence-electron chi connectivity index (χ4n) is 2.15. The van der Waals surface area contributed by atoms with Gasteiger partial charge in [0, 0.05) is 6.04 Å². The molecule has 1 aromatic rings. The van der Waals surface area contributed by atoms with Gasteiger partial charge in [0.1, 0.15) is 5.82 Å². The first-order valence-electron chi connectivity index (χ1n) is 5.78. The minimum absolute atomic E-state index is 0.288. The van der Waals surface area contributed by atoms with Crippen LogP contribution in [-0.2, 0) is 0 Å². The predicted octanol–water partition coefficient (Wildman–Crippen LogP) is 4.33. The molecule has 0 heterocycles. The van der Waals surface area contributed by atoms with Crippen LogP contribution in [0.2, 0.25) is 5.02 Å². The lowest BCUT2D eigenvalue weighted by atomic mass is 9.73. The van der Waals surface area contributed by atoms with Gasteiger partial charge in [-0.1, -0.05) is 25.4 Å². The Morgan fingerprint density at radius 3 is 2.62 bits per heavy atom. The highest BCUT2D eigenvalue weighted by molar-refractivity contribution is 6.33. The van der Waals surface area contributed by atoms with Crippen LogP contribution in [0.1, 0.15) is 26.7 Å². The average Bonchev–Trinajstić information content (AvgIpc) is 2.12. The van der Waals surface area contributed by atoms with Crippen LogP contribution >= 0.6 is 11.6 Å². The summed E-state index contributed by atoms with van der Waals surface area (Å²) >= 11 is 5.95. The summed E-state index contributed by atoms with van der Waals surface area (Å²) in [5.74, 6) is 1.28. The minimum atomic E-state index is -0.288. The van der Waals surface area contributed by atoms with Crippen LogP contribution in [0.3, 0.4) is 0 Å². The van der Waals surface area contributed by atoms with Crippen LogP contribution in [0.4, 0.5) is 10.1 Å². The Bertz CT molecular complexity index is 372. The maximum absolute atomic E-state index is 12.8. The Morgan fingerprint density at radius 1 is 1.38 bits per heavy atom. The van der Waals surface area contributed by atoms with Gasteiger partial charge in [-0.15, -0.1) is 0 Å². The number of rotatable bonds is 3. The summed E-state index contributed by atoms with van der Waals surface area (Å²) in [6, 6.07) is 4.99. The van der Waals surface area contributed by atoms with Gasteiger partial charge in [0.15, 0.2) is 0 Å². The fourth-order valence-corrected chi connectivity index (χ4v) is 2.37. The van der Waals surface area contributed by atoms with E-state index >= 15 is 0 Å². The largest absolute Gasteiger partial charge is 0.381 e. The Kier molecular flexibility index (Phi) is 3.38. The van der Waals surface area contributed by atoms with Crippen molar-refractivity contribution in [1.29, 1.82) is 0 Å². The van der Waals surface area contributed by atoms with Crippen molar-refractivity contribution in [2.24, 2.45) is 11.8 Å². The maximum Gasteiger partial charge on any atom is 0.124 e. The van der Waals surface area contributed by atoms with Gasteiger partial charge in [-0.25, -0.2) is 4.39 Å². The molecule has 1 aromatic carbocycles. The van der Waals surface area contributed by atoms with Crippen LogP contribution in [0.25, 0.3) is 0 Å². The quantitative estimate of drug-likeness (QED) is 0.831. The molecule has 0 aliphatic heterocycles. The van der Waals surface area contributed by atoms with E-state index < -0.39 is 0 Å². The number of hydrogen-bond acceptors (Lipinski definition) is 1. The molecule has 3 heteroatoms. The molecule has 1 aliphatic carbocycles. The summed E-state index contributed by atoms with van der Waals surface area (Å²) in [4.78, 5) is 0. The second-order valence-electron chi connectivity index (χ2n) is 4.94. The Hall–Kier alpha value is -0.760. The lowest BCUT2D eigenvalue weighted by Crippen LogP contribution is -2.37. The molecule has 1 saturated carbocycles. The molecule has 0 radical (unpaired) electrons. The molecular weight excluding hydrogens is 225 g/mol. The highest BCUT2D eigenvalue weighted by Gasteiger charge is 2.31. The zero-order valence-corrected chi connectivity index (χ0v) is 10.4. The summed E-state index contributed by atoms with van der Waals surface area (Å²) in [6.45, 7) is 4.51. The molecule has 1 aliphatic rings. The number of anilines is 1. The lowest BCUT2D eigenvalue weighted by Gasteiger charge is -2.39. The molecule has 0 saturated heterocycles. The molecule has 16 heavy (non-hydrogen) atoms. The first-order chi connectivity index (χ1) is 7.56. The number of benzene rings is 1. The number of nitrogens with one attached hydrogen (secondary N) is 1. The molecule has 0 atom stereocenters. The van der Waals surface area contributed by atoms with E-state index in [1.807, 2.05) is 0 Å². The predicted molar refractivity (Wildman–Crippen MR) is 66.4 cm³/mol. The maximum atomic E-state index is 12.8. The highest BCUT2D eigenvalue weighted by atomic mass is 35.5. The van der Waals surface area contributed by atoms with Gasteiger partial charge >= 0.3 is 0 Å². The molecule has 88 valence electrons. The number of hydrogen-bond donors (Lipinski definition) is 1. The van der Waals surface area contributed by atoms with Crippen molar-refractivity contribution in [3.8, 4) is 0 Å². The molecule has 0 spiro atoms. The molecule has 0 unspecified atom stereocenters. The van der Waals surface area contributed by atoms with Crippen molar-refractivity contribution in [1.82, 2.24) is 0 Å². The second kappa shape index (κ2) is 4.62. The summed E-state index contributed by atoms with van der Waals surface area (Å²) < 4.78 is 12.8. The van der Waals surface area contributed by atoms with Crippen molar-refractivity contribution in [3.05, 3.63) is 29.0 Å².